The van der Waals surface area contributed by atoms with Gasteiger partial charge in [-0.05, 0) is 24.3 Å². The second-order valence-electron chi connectivity index (χ2n) is 3.13. The number of nitrogens with zero attached hydrogens (tertiary/aromatic N) is 2. The molecule has 2 nitrogen and oxygen atoms in total. The third kappa shape index (κ3) is 2.39. The minimum atomic E-state index is -0.321. The van der Waals surface area contributed by atoms with E-state index in [0.717, 1.165) is 4.47 Å². The Kier molecular flexibility index (Phi) is 3.51. The lowest BCUT2D eigenvalue weighted by Crippen LogP contribution is -1.94. The third-order valence-corrected chi connectivity index (χ3v) is 2.98. The van der Waals surface area contributed by atoms with Crippen LogP contribution in [0.1, 0.15) is 5.69 Å². The molecule has 0 amide bonds. The van der Waals surface area contributed by atoms with Crippen LogP contribution in [0.25, 0.3) is 11.4 Å². The predicted octanol–water partition coefficient (Wildman–Crippen LogP) is 3.78. The van der Waals surface area contributed by atoms with Gasteiger partial charge in [0, 0.05) is 16.2 Å². The highest BCUT2D eigenvalue weighted by molar-refractivity contribution is 9.10. The monoisotopic (exact) mass is 300 g/mol. The van der Waals surface area contributed by atoms with E-state index in [9.17, 15) is 4.39 Å². The molecule has 0 spiro atoms. The van der Waals surface area contributed by atoms with E-state index in [2.05, 4.69) is 25.9 Å². The first-order valence-electron chi connectivity index (χ1n) is 4.54. The molecule has 0 atom stereocenters. The van der Waals surface area contributed by atoms with Crippen LogP contribution in [0.4, 0.5) is 4.39 Å². The largest absolute Gasteiger partial charge is 0.237 e. The Morgan fingerprint density at radius 3 is 2.88 bits per heavy atom. The number of halogens is 3. The summed E-state index contributed by atoms with van der Waals surface area (Å²) in [5.74, 6) is 0.449. The molecular weight excluding hydrogens is 294 g/mol. The summed E-state index contributed by atoms with van der Waals surface area (Å²) >= 11 is 9.02. The first kappa shape index (κ1) is 11.5. The summed E-state index contributed by atoms with van der Waals surface area (Å²) in [5.41, 5.74) is 1.33. The lowest BCUT2D eigenvalue weighted by Gasteiger charge is -2.04. The van der Waals surface area contributed by atoms with Crippen LogP contribution >= 0.6 is 27.5 Å². The minimum absolute atomic E-state index is 0.308. The first-order chi connectivity index (χ1) is 7.70. The second-order valence-corrected chi connectivity index (χ2v) is 4.25. The van der Waals surface area contributed by atoms with Gasteiger partial charge in [0.1, 0.15) is 5.82 Å². The van der Waals surface area contributed by atoms with Crippen molar-refractivity contribution in [3.63, 3.8) is 0 Å². The molecule has 1 heterocycles. The highest BCUT2D eigenvalue weighted by atomic mass is 79.9. The van der Waals surface area contributed by atoms with Crippen LogP contribution in [-0.2, 0) is 5.88 Å². The molecule has 16 heavy (non-hydrogen) atoms. The Morgan fingerprint density at radius 2 is 2.12 bits per heavy atom. The van der Waals surface area contributed by atoms with Crippen molar-refractivity contribution in [3.8, 4) is 11.4 Å². The molecule has 0 aliphatic rings. The van der Waals surface area contributed by atoms with Crippen LogP contribution in [0.5, 0.6) is 0 Å². The number of aromatic nitrogens is 2. The van der Waals surface area contributed by atoms with E-state index in [4.69, 9.17) is 11.6 Å². The average molecular weight is 302 g/mol. The normalized spacial score (nSPS) is 10.4. The first-order valence-corrected chi connectivity index (χ1v) is 5.87. The molecule has 0 N–H and O–H groups in total. The van der Waals surface area contributed by atoms with Gasteiger partial charge in [0.2, 0.25) is 0 Å². The Labute approximate surface area is 106 Å². The van der Waals surface area contributed by atoms with Gasteiger partial charge >= 0.3 is 0 Å². The molecule has 0 aliphatic heterocycles. The maximum absolute atomic E-state index is 13.1. The number of alkyl halides is 1. The van der Waals surface area contributed by atoms with E-state index in [0.29, 0.717) is 23.0 Å². The summed E-state index contributed by atoms with van der Waals surface area (Å²) in [6.07, 6.45) is 1.61. The fourth-order valence-electron chi connectivity index (χ4n) is 1.27. The quantitative estimate of drug-likeness (QED) is 0.789. The summed E-state index contributed by atoms with van der Waals surface area (Å²) in [7, 11) is 0. The van der Waals surface area contributed by atoms with Crippen molar-refractivity contribution in [2.24, 2.45) is 0 Å². The lowest BCUT2D eigenvalue weighted by molar-refractivity contribution is 0.628. The van der Waals surface area contributed by atoms with E-state index in [-0.39, 0.29) is 5.82 Å². The van der Waals surface area contributed by atoms with Crippen molar-refractivity contribution < 1.29 is 4.39 Å². The van der Waals surface area contributed by atoms with Gasteiger partial charge in [0.15, 0.2) is 5.82 Å². The molecule has 0 unspecified atom stereocenters. The molecule has 0 saturated heterocycles. The van der Waals surface area contributed by atoms with Crippen LogP contribution in [0.3, 0.4) is 0 Å². The number of rotatable bonds is 2. The van der Waals surface area contributed by atoms with E-state index in [1.54, 1.807) is 18.3 Å². The summed E-state index contributed by atoms with van der Waals surface area (Å²) in [5, 5.41) is 0. The van der Waals surface area contributed by atoms with Crippen molar-refractivity contribution >= 4 is 27.5 Å². The minimum Gasteiger partial charge on any atom is -0.237 e. The van der Waals surface area contributed by atoms with Gasteiger partial charge in [-0.2, -0.15) is 0 Å². The molecule has 2 rings (SSSR count). The van der Waals surface area contributed by atoms with Gasteiger partial charge in [-0.25, -0.2) is 14.4 Å². The molecule has 0 fully saturated rings. The molecule has 5 heteroatoms. The van der Waals surface area contributed by atoms with E-state index in [1.807, 2.05) is 0 Å². The lowest BCUT2D eigenvalue weighted by atomic mass is 10.2. The predicted molar refractivity (Wildman–Crippen MR) is 64.7 cm³/mol. The van der Waals surface area contributed by atoms with Crippen molar-refractivity contribution in [2.75, 3.05) is 0 Å². The van der Waals surface area contributed by atoms with Gasteiger partial charge in [0.05, 0.1) is 11.6 Å². The zero-order valence-electron chi connectivity index (χ0n) is 8.12. The van der Waals surface area contributed by atoms with Gasteiger partial charge in [-0.1, -0.05) is 15.9 Å². The fourth-order valence-corrected chi connectivity index (χ4v) is 1.84. The van der Waals surface area contributed by atoms with Gasteiger partial charge < -0.3 is 0 Å². The zero-order valence-corrected chi connectivity index (χ0v) is 10.5. The molecule has 1 aromatic heterocycles. The topological polar surface area (TPSA) is 25.8 Å². The van der Waals surface area contributed by atoms with Crippen LogP contribution in [0.15, 0.2) is 34.9 Å². The highest BCUT2D eigenvalue weighted by Gasteiger charge is 2.08. The van der Waals surface area contributed by atoms with Crippen LogP contribution in [-0.4, -0.2) is 9.97 Å². The SMILES string of the molecule is Fc1ccc(Br)c(-c2nccc(CCl)n2)c1. The molecule has 0 saturated carbocycles. The van der Waals surface area contributed by atoms with Crippen molar-refractivity contribution in [2.45, 2.75) is 5.88 Å². The van der Waals surface area contributed by atoms with Crippen LogP contribution in [0.2, 0.25) is 0 Å². The summed E-state index contributed by atoms with van der Waals surface area (Å²) < 4.78 is 13.9. The Morgan fingerprint density at radius 1 is 1.31 bits per heavy atom. The van der Waals surface area contributed by atoms with E-state index in [1.165, 1.54) is 12.1 Å². The molecule has 2 aromatic rings. The summed E-state index contributed by atoms with van der Waals surface area (Å²) in [6, 6.07) is 6.11. The van der Waals surface area contributed by atoms with Crippen molar-refractivity contribution in [1.29, 1.82) is 0 Å². The third-order valence-electron chi connectivity index (χ3n) is 2.02. The van der Waals surface area contributed by atoms with Gasteiger partial charge in [0.25, 0.3) is 0 Å². The zero-order chi connectivity index (χ0) is 11.5. The molecule has 0 radical (unpaired) electrons. The maximum atomic E-state index is 13.1. The van der Waals surface area contributed by atoms with Gasteiger partial charge in [-0.3, -0.25) is 0 Å². The highest BCUT2D eigenvalue weighted by Crippen LogP contribution is 2.26. The Bertz CT molecular complexity index is 519. The second kappa shape index (κ2) is 4.89. The van der Waals surface area contributed by atoms with Crippen molar-refractivity contribution in [3.05, 3.63) is 46.4 Å². The summed E-state index contributed by atoms with van der Waals surface area (Å²) in [6.45, 7) is 0. The Balaban J connectivity index is 2.53. The van der Waals surface area contributed by atoms with Crippen LogP contribution < -0.4 is 0 Å². The van der Waals surface area contributed by atoms with Crippen molar-refractivity contribution in [1.82, 2.24) is 9.97 Å². The number of hydrogen-bond donors (Lipinski definition) is 0. The van der Waals surface area contributed by atoms with E-state index >= 15 is 0 Å². The number of hydrogen-bond acceptors (Lipinski definition) is 2. The molecule has 1 aromatic carbocycles. The maximum Gasteiger partial charge on any atom is 0.160 e. The van der Waals surface area contributed by atoms with Gasteiger partial charge in [-0.15, -0.1) is 11.6 Å². The fraction of sp³-hybridized carbons (Fsp3) is 0.0909. The molecular formula is C11H7BrClFN2. The Hall–Kier alpha value is -1.00. The molecule has 0 bridgehead atoms. The van der Waals surface area contributed by atoms with E-state index < -0.39 is 0 Å². The summed E-state index contributed by atoms with van der Waals surface area (Å²) in [4.78, 5) is 8.32. The standard InChI is InChI=1S/C11H7BrClFN2/c12-10-2-1-7(14)5-9(10)11-15-4-3-8(6-13)16-11/h1-5H,6H2. The average Bonchev–Trinajstić information content (AvgIpc) is 2.32. The van der Waals surface area contributed by atoms with Crippen LogP contribution in [0, 0.1) is 5.82 Å². The molecule has 82 valence electrons. The number of benzene rings is 1. The smallest absolute Gasteiger partial charge is 0.160 e. The molecule has 0 aliphatic carbocycles.